The molecular weight excluding hydrogens is 300 g/mol. The van der Waals surface area contributed by atoms with Gasteiger partial charge in [-0.05, 0) is 23.3 Å². The van der Waals surface area contributed by atoms with Crippen LogP contribution in [0.25, 0.3) is 10.8 Å². The Kier molecular flexibility index (Phi) is 4.28. The van der Waals surface area contributed by atoms with E-state index in [1.165, 1.54) is 16.3 Å². The Hall–Kier alpha value is -2.24. The summed E-state index contributed by atoms with van der Waals surface area (Å²) < 4.78 is 7.77. The molecule has 1 aliphatic heterocycles. The Labute approximate surface area is 141 Å². The predicted molar refractivity (Wildman–Crippen MR) is 93.7 cm³/mol. The van der Waals surface area contributed by atoms with Gasteiger partial charge in [-0.2, -0.15) is 5.10 Å². The first-order valence-electron chi connectivity index (χ1n) is 8.47. The first kappa shape index (κ1) is 15.3. The van der Waals surface area contributed by atoms with Crippen LogP contribution >= 0.6 is 0 Å². The number of rotatable bonds is 4. The molecule has 4 rings (SSSR count). The summed E-state index contributed by atoms with van der Waals surface area (Å²) in [4.78, 5) is 6.51. The van der Waals surface area contributed by atoms with Gasteiger partial charge in [0.05, 0.1) is 19.3 Å². The van der Waals surface area contributed by atoms with Crippen LogP contribution < -0.4 is 0 Å². The minimum absolute atomic E-state index is 0.151. The van der Waals surface area contributed by atoms with Gasteiger partial charge in [-0.15, -0.1) is 0 Å². The topological polar surface area (TPSA) is 43.2 Å². The molecule has 2 aromatic carbocycles. The van der Waals surface area contributed by atoms with Crippen LogP contribution in [0.5, 0.6) is 0 Å². The number of fused-ring (bicyclic) bond motifs is 1. The maximum absolute atomic E-state index is 5.92. The molecule has 1 aliphatic rings. The third-order valence-electron chi connectivity index (χ3n) is 4.85. The fourth-order valence-electron chi connectivity index (χ4n) is 3.55. The summed E-state index contributed by atoms with van der Waals surface area (Å²) >= 11 is 0. The van der Waals surface area contributed by atoms with Crippen molar-refractivity contribution in [3.8, 4) is 0 Å². The molecule has 5 nitrogen and oxygen atoms in total. The predicted octanol–water partition coefficient (Wildman–Crippen LogP) is 2.89. The maximum Gasteiger partial charge on any atom is 0.137 e. The standard InChI is InChI=1S/C19H22N4O/c1-15(18-8-4-6-16-5-2-3-7-19(16)18)22-9-10-24-17(11-22)12-23-14-20-13-21-23/h2-8,13-15,17H,9-12H2,1H3. The first-order valence-corrected chi connectivity index (χ1v) is 8.47. The molecule has 2 unspecified atom stereocenters. The Morgan fingerprint density at radius 2 is 2.08 bits per heavy atom. The van der Waals surface area contributed by atoms with Gasteiger partial charge in [0.1, 0.15) is 12.7 Å². The molecule has 24 heavy (non-hydrogen) atoms. The fourth-order valence-corrected chi connectivity index (χ4v) is 3.55. The summed E-state index contributed by atoms with van der Waals surface area (Å²) in [6.45, 7) is 5.66. The van der Waals surface area contributed by atoms with E-state index in [0.29, 0.717) is 6.04 Å². The molecule has 2 atom stereocenters. The Balaban J connectivity index is 1.53. The zero-order chi connectivity index (χ0) is 16.4. The molecule has 0 spiro atoms. The van der Waals surface area contributed by atoms with Gasteiger partial charge in [0.15, 0.2) is 0 Å². The molecule has 1 aromatic heterocycles. The zero-order valence-electron chi connectivity index (χ0n) is 13.9. The largest absolute Gasteiger partial charge is 0.374 e. The molecule has 1 fully saturated rings. The van der Waals surface area contributed by atoms with Crippen LogP contribution in [0.15, 0.2) is 55.1 Å². The Morgan fingerprint density at radius 1 is 1.21 bits per heavy atom. The molecule has 0 aliphatic carbocycles. The third-order valence-corrected chi connectivity index (χ3v) is 4.85. The Bertz CT molecular complexity index is 797. The second-order valence-corrected chi connectivity index (χ2v) is 6.35. The van der Waals surface area contributed by atoms with E-state index in [9.17, 15) is 0 Å². The van der Waals surface area contributed by atoms with E-state index in [-0.39, 0.29) is 6.10 Å². The van der Waals surface area contributed by atoms with Crippen molar-refractivity contribution in [1.29, 1.82) is 0 Å². The molecule has 1 saturated heterocycles. The van der Waals surface area contributed by atoms with Crippen LogP contribution in [0.4, 0.5) is 0 Å². The molecule has 3 aromatic rings. The highest BCUT2D eigenvalue weighted by atomic mass is 16.5. The summed E-state index contributed by atoms with van der Waals surface area (Å²) in [5.74, 6) is 0. The van der Waals surface area contributed by atoms with Gasteiger partial charge < -0.3 is 4.74 Å². The molecule has 124 valence electrons. The minimum Gasteiger partial charge on any atom is -0.374 e. The van der Waals surface area contributed by atoms with Crippen molar-refractivity contribution in [2.75, 3.05) is 19.7 Å². The van der Waals surface area contributed by atoms with Gasteiger partial charge in [0.25, 0.3) is 0 Å². The van der Waals surface area contributed by atoms with Crippen molar-refractivity contribution in [2.45, 2.75) is 25.6 Å². The molecule has 5 heteroatoms. The highest BCUT2D eigenvalue weighted by Gasteiger charge is 2.26. The van der Waals surface area contributed by atoms with Crippen LogP contribution in [0.3, 0.4) is 0 Å². The number of ether oxygens (including phenoxy) is 1. The second kappa shape index (κ2) is 6.71. The summed E-state index contributed by atoms with van der Waals surface area (Å²) in [7, 11) is 0. The average molecular weight is 322 g/mol. The van der Waals surface area contributed by atoms with Crippen molar-refractivity contribution in [2.24, 2.45) is 0 Å². The molecule has 0 bridgehead atoms. The summed E-state index contributed by atoms with van der Waals surface area (Å²) in [5.41, 5.74) is 1.38. The quantitative estimate of drug-likeness (QED) is 0.741. The number of hydrogen-bond donors (Lipinski definition) is 0. The molecule has 0 N–H and O–H groups in total. The van der Waals surface area contributed by atoms with Gasteiger partial charge in [-0.3, -0.25) is 9.58 Å². The molecule has 2 heterocycles. The highest BCUT2D eigenvalue weighted by molar-refractivity contribution is 5.86. The van der Waals surface area contributed by atoms with E-state index >= 15 is 0 Å². The first-order chi connectivity index (χ1) is 11.8. The van der Waals surface area contributed by atoms with Crippen LogP contribution in [-0.2, 0) is 11.3 Å². The van der Waals surface area contributed by atoms with E-state index in [2.05, 4.69) is 64.4 Å². The average Bonchev–Trinajstić information content (AvgIpc) is 3.14. The van der Waals surface area contributed by atoms with Gasteiger partial charge in [0, 0.05) is 19.1 Å². The number of hydrogen-bond acceptors (Lipinski definition) is 4. The molecule has 0 amide bonds. The smallest absolute Gasteiger partial charge is 0.137 e. The van der Waals surface area contributed by atoms with Gasteiger partial charge in [-0.25, -0.2) is 4.98 Å². The van der Waals surface area contributed by atoms with Gasteiger partial charge in [-0.1, -0.05) is 42.5 Å². The lowest BCUT2D eigenvalue weighted by Crippen LogP contribution is -2.45. The van der Waals surface area contributed by atoms with Crippen molar-refractivity contribution >= 4 is 10.8 Å². The molecule has 0 saturated carbocycles. The highest BCUT2D eigenvalue weighted by Crippen LogP contribution is 2.29. The lowest BCUT2D eigenvalue weighted by atomic mass is 9.98. The van der Waals surface area contributed by atoms with Crippen LogP contribution in [0.2, 0.25) is 0 Å². The lowest BCUT2D eigenvalue weighted by molar-refractivity contribution is -0.0495. The fraction of sp³-hybridized carbons (Fsp3) is 0.368. The van der Waals surface area contributed by atoms with Crippen molar-refractivity contribution in [1.82, 2.24) is 19.7 Å². The van der Waals surface area contributed by atoms with E-state index in [4.69, 9.17) is 4.74 Å². The number of benzene rings is 2. The van der Waals surface area contributed by atoms with Gasteiger partial charge >= 0.3 is 0 Å². The van der Waals surface area contributed by atoms with Crippen LogP contribution in [0, 0.1) is 0 Å². The van der Waals surface area contributed by atoms with Gasteiger partial charge in [0.2, 0.25) is 0 Å². The molecular formula is C19H22N4O. The number of morpholine rings is 1. The van der Waals surface area contributed by atoms with Crippen LogP contribution in [-0.4, -0.2) is 45.5 Å². The molecule has 0 radical (unpaired) electrons. The minimum atomic E-state index is 0.151. The van der Waals surface area contributed by atoms with Crippen LogP contribution in [0.1, 0.15) is 18.5 Å². The summed E-state index contributed by atoms with van der Waals surface area (Å²) in [5, 5.41) is 6.83. The van der Waals surface area contributed by atoms with Crippen molar-refractivity contribution in [3.05, 3.63) is 60.7 Å². The van der Waals surface area contributed by atoms with E-state index in [1.807, 2.05) is 4.68 Å². The Morgan fingerprint density at radius 3 is 2.96 bits per heavy atom. The second-order valence-electron chi connectivity index (χ2n) is 6.35. The number of nitrogens with zero attached hydrogens (tertiary/aromatic N) is 4. The normalized spacial score (nSPS) is 20.3. The lowest BCUT2D eigenvalue weighted by Gasteiger charge is -2.37. The van der Waals surface area contributed by atoms with E-state index in [0.717, 1.165) is 26.2 Å². The zero-order valence-corrected chi connectivity index (χ0v) is 13.9. The summed E-state index contributed by atoms with van der Waals surface area (Å²) in [6.07, 6.45) is 3.47. The van der Waals surface area contributed by atoms with E-state index < -0.39 is 0 Å². The summed E-state index contributed by atoms with van der Waals surface area (Å²) in [6, 6.07) is 15.5. The van der Waals surface area contributed by atoms with Crippen molar-refractivity contribution in [3.63, 3.8) is 0 Å². The monoisotopic (exact) mass is 322 g/mol. The van der Waals surface area contributed by atoms with E-state index in [1.54, 1.807) is 12.7 Å². The number of aromatic nitrogens is 3. The maximum atomic E-state index is 5.92. The SMILES string of the molecule is CC(c1cccc2ccccc12)N1CCOC(Cn2cncn2)C1. The third kappa shape index (κ3) is 3.05. The van der Waals surface area contributed by atoms with Crippen molar-refractivity contribution < 1.29 is 4.74 Å².